The van der Waals surface area contributed by atoms with Crippen molar-refractivity contribution in [1.82, 2.24) is 0 Å². The molecule has 2 aromatic carbocycles. The van der Waals surface area contributed by atoms with Gasteiger partial charge in [-0.25, -0.2) is 0 Å². The van der Waals surface area contributed by atoms with Gasteiger partial charge in [0.15, 0.2) is 5.78 Å². The van der Waals surface area contributed by atoms with E-state index in [-0.39, 0.29) is 24.0 Å². The minimum Gasteiger partial charge on any atom is -0.294 e. The van der Waals surface area contributed by atoms with Crippen LogP contribution in [0.4, 0.5) is 5.69 Å². The molecule has 1 amide bonds. The van der Waals surface area contributed by atoms with Gasteiger partial charge in [-0.05, 0) is 48.7 Å². The Morgan fingerprint density at radius 1 is 0.923 bits per heavy atom. The molecule has 132 valence electrons. The number of Topliss-reactive ketones (excluding diaryl/α,β-unsaturated/α-hetero) is 1. The van der Waals surface area contributed by atoms with Crippen LogP contribution in [-0.2, 0) is 9.59 Å². The molecule has 2 aromatic rings. The molecule has 3 nitrogen and oxygen atoms in total. The number of carbonyl (C=O) groups excluding carboxylic acids is 2. The van der Waals surface area contributed by atoms with Crippen LogP contribution in [-0.4, -0.2) is 11.7 Å². The molecule has 1 atom stereocenters. The van der Waals surface area contributed by atoms with Crippen molar-refractivity contribution in [1.29, 1.82) is 0 Å². The maximum absolute atomic E-state index is 13.0. The zero-order valence-electron chi connectivity index (χ0n) is 14.0. The van der Waals surface area contributed by atoms with Crippen LogP contribution < -0.4 is 4.90 Å². The molecule has 26 heavy (non-hydrogen) atoms. The third-order valence-electron chi connectivity index (χ3n) is 5.01. The zero-order valence-corrected chi connectivity index (χ0v) is 15.6. The van der Waals surface area contributed by atoms with Crippen molar-refractivity contribution in [3.8, 4) is 0 Å². The maximum atomic E-state index is 13.0. The lowest BCUT2D eigenvalue weighted by Gasteiger charge is -2.38. The summed E-state index contributed by atoms with van der Waals surface area (Å²) >= 11 is 12.1. The predicted molar refractivity (Wildman–Crippen MR) is 104 cm³/mol. The van der Waals surface area contributed by atoms with Crippen LogP contribution in [0.25, 0.3) is 0 Å². The van der Waals surface area contributed by atoms with Crippen LogP contribution in [0.2, 0.25) is 10.0 Å². The fourth-order valence-corrected chi connectivity index (χ4v) is 4.20. The number of nitrogens with zero attached hydrogens (tertiary/aromatic N) is 1. The first-order chi connectivity index (χ1) is 12.5. The number of allylic oxidation sites excluding steroid dienone is 2. The summed E-state index contributed by atoms with van der Waals surface area (Å²) in [5, 5.41) is 1.21. The average molecular weight is 386 g/mol. The Kier molecular flexibility index (Phi) is 4.60. The molecule has 4 rings (SSSR count). The Balaban J connectivity index is 1.85. The summed E-state index contributed by atoms with van der Waals surface area (Å²) in [5.74, 6) is -0.0932. The largest absolute Gasteiger partial charge is 0.294 e. The number of hydrogen-bond acceptors (Lipinski definition) is 2. The van der Waals surface area contributed by atoms with Crippen molar-refractivity contribution in [2.45, 2.75) is 31.6 Å². The topological polar surface area (TPSA) is 37.4 Å². The summed E-state index contributed by atoms with van der Waals surface area (Å²) in [6.07, 6.45) is 2.26. The molecule has 0 fully saturated rings. The smallest absolute Gasteiger partial charge is 0.232 e. The molecular formula is C21H17Cl2NO2. The van der Waals surface area contributed by atoms with Crippen molar-refractivity contribution in [3.63, 3.8) is 0 Å². The van der Waals surface area contributed by atoms with E-state index in [2.05, 4.69) is 0 Å². The van der Waals surface area contributed by atoms with E-state index in [0.29, 0.717) is 22.9 Å². The van der Waals surface area contributed by atoms with Gasteiger partial charge in [-0.3, -0.25) is 14.5 Å². The van der Waals surface area contributed by atoms with E-state index in [4.69, 9.17) is 23.2 Å². The van der Waals surface area contributed by atoms with Crippen LogP contribution in [0.15, 0.2) is 59.8 Å². The van der Waals surface area contributed by atoms with Crippen molar-refractivity contribution < 1.29 is 9.59 Å². The number of anilines is 1. The molecule has 1 heterocycles. The van der Waals surface area contributed by atoms with E-state index in [1.165, 1.54) is 0 Å². The molecule has 0 saturated heterocycles. The highest BCUT2D eigenvalue weighted by Crippen LogP contribution is 2.43. The number of ketones is 1. The quantitative estimate of drug-likeness (QED) is 0.682. The van der Waals surface area contributed by atoms with Gasteiger partial charge in [0.05, 0.1) is 5.69 Å². The Hall–Kier alpha value is -2.10. The van der Waals surface area contributed by atoms with Gasteiger partial charge in [-0.1, -0.05) is 41.4 Å². The summed E-state index contributed by atoms with van der Waals surface area (Å²) in [7, 11) is 0. The van der Waals surface area contributed by atoms with Gasteiger partial charge in [-0.2, -0.15) is 0 Å². The standard InChI is InChI=1S/C21H17Cl2NO2/c22-14-9-7-13(8-10-14)17-12-20(26)24(16-4-1-3-15(23)11-16)18-5-2-6-19(25)21(17)18/h1,3-4,7-11,17H,2,5-6,12H2. The van der Waals surface area contributed by atoms with Crippen molar-refractivity contribution in [2.75, 3.05) is 4.90 Å². The van der Waals surface area contributed by atoms with Gasteiger partial charge >= 0.3 is 0 Å². The fraction of sp³-hybridized carbons (Fsp3) is 0.238. The first kappa shape index (κ1) is 17.3. The third kappa shape index (κ3) is 3.06. The summed E-state index contributed by atoms with van der Waals surface area (Å²) in [4.78, 5) is 27.5. The Bertz CT molecular complexity index is 918. The zero-order chi connectivity index (χ0) is 18.3. The SMILES string of the molecule is O=C1CCCC2=C1C(c1ccc(Cl)cc1)CC(=O)N2c1cccc(Cl)c1. The van der Waals surface area contributed by atoms with Gasteiger partial charge in [0.2, 0.25) is 5.91 Å². The molecule has 0 spiro atoms. The number of hydrogen-bond donors (Lipinski definition) is 0. The minimum absolute atomic E-state index is 0.0133. The van der Waals surface area contributed by atoms with Crippen LogP contribution in [0.3, 0.4) is 0 Å². The number of benzene rings is 2. The number of carbonyl (C=O) groups is 2. The van der Waals surface area contributed by atoms with E-state index in [0.717, 1.165) is 28.9 Å². The first-order valence-corrected chi connectivity index (χ1v) is 9.40. The second kappa shape index (κ2) is 6.90. The highest BCUT2D eigenvalue weighted by Gasteiger charge is 2.39. The summed E-state index contributed by atoms with van der Waals surface area (Å²) in [6, 6.07) is 14.6. The molecule has 0 bridgehead atoms. The average Bonchev–Trinajstić information content (AvgIpc) is 2.62. The Morgan fingerprint density at radius 2 is 1.69 bits per heavy atom. The molecule has 2 aliphatic rings. The normalized spacial score (nSPS) is 20.4. The lowest BCUT2D eigenvalue weighted by Crippen LogP contribution is -2.40. The van der Waals surface area contributed by atoms with Crippen LogP contribution in [0, 0.1) is 0 Å². The molecular weight excluding hydrogens is 369 g/mol. The second-order valence-corrected chi connectivity index (χ2v) is 7.53. The monoisotopic (exact) mass is 385 g/mol. The Labute approximate surface area is 162 Å². The van der Waals surface area contributed by atoms with Gasteiger partial charge < -0.3 is 0 Å². The lowest BCUT2D eigenvalue weighted by molar-refractivity contribution is -0.119. The van der Waals surface area contributed by atoms with Crippen LogP contribution in [0.5, 0.6) is 0 Å². The molecule has 1 aliphatic heterocycles. The number of amides is 1. The molecule has 1 aliphatic carbocycles. The first-order valence-electron chi connectivity index (χ1n) is 8.65. The number of halogens is 2. The van der Waals surface area contributed by atoms with E-state index in [1.54, 1.807) is 29.2 Å². The van der Waals surface area contributed by atoms with Crippen molar-refractivity contribution >= 4 is 40.6 Å². The molecule has 0 aromatic heterocycles. The van der Waals surface area contributed by atoms with Crippen molar-refractivity contribution in [2.24, 2.45) is 0 Å². The minimum atomic E-state index is -0.210. The fourth-order valence-electron chi connectivity index (χ4n) is 3.89. The summed E-state index contributed by atoms with van der Waals surface area (Å²) in [6.45, 7) is 0. The Morgan fingerprint density at radius 3 is 2.42 bits per heavy atom. The summed E-state index contributed by atoms with van der Waals surface area (Å²) in [5.41, 5.74) is 3.26. The third-order valence-corrected chi connectivity index (χ3v) is 5.50. The highest BCUT2D eigenvalue weighted by atomic mass is 35.5. The predicted octanol–water partition coefficient (Wildman–Crippen LogP) is 5.52. The van der Waals surface area contributed by atoms with E-state index >= 15 is 0 Å². The van der Waals surface area contributed by atoms with Crippen LogP contribution >= 0.6 is 23.2 Å². The van der Waals surface area contributed by atoms with Gasteiger partial charge in [0.1, 0.15) is 0 Å². The summed E-state index contributed by atoms with van der Waals surface area (Å²) < 4.78 is 0. The lowest BCUT2D eigenvalue weighted by atomic mass is 9.77. The van der Waals surface area contributed by atoms with E-state index in [9.17, 15) is 9.59 Å². The maximum Gasteiger partial charge on any atom is 0.232 e. The van der Waals surface area contributed by atoms with Gasteiger partial charge in [0.25, 0.3) is 0 Å². The second-order valence-electron chi connectivity index (χ2n) is 6.65. The van der Waals surface area contributed by atoms with E-state index < -0.39 is 0 Å². The van der Waals surface area contributed by atoms with Gasteiger partial charge in [-0.15, -0.1) is 0 Å². The highest BCUT2D eigenvalue weighted by molar-refractivity contribution is 6.31. The molecule has 0 saturated carbocycles. The number of rotatable bonds is 2. The van der Waals surface area contributed by atoms with Crippen molar-refractivity contribution in [3.05, 3.63) is 75.4 Å². The molecule has 5 heteroatoms. The van der Waals surface area contributed by atoms with Gasteiger partial charge in [0, 0.05) is 40.1 Å². The van der Waals surface area contributed by atoms with E-state index in [1.807, 2.05) is 24.3 Å². The van der Waals surface area contributed by atoms with Crippen LogP contribution in [0.1, 0.15) is 37.2 Å². The molecule has 0 N–H and O–H groups in total. The molecule has 1 unspecified atom stereocenters. The molecule has 0 radical (unpaired) electrons.